The number of hydrogen-bond acceptors (Lipinski definition) is 5. The molecule has 1 amide bonds. The molecule has 0 atom stereocenters. The number of carboxylic acid groups (broad SMARTS) is 1. The fourth-order valence-corrected chi connectivity index (χ4v) is 4.07. The van der Waals surface area contributed by atoms with Crippen LogP contribution in [0.25, 0.3) is 11.1 Å². The Labute approximate surface area is 188 Å². The Hall–Kier alpha value is -3.30. The zero-order valence-corrected chi connectivity index (χ0v) is 18.2. The number of nitrogens with zero attached hydrogens (tertiary/aromatic N) is 1. The summed E-state index contributed by atoms with van der Waals surface area (Å²) in [6.07, 6.45) is -0.639. The molecule has 0 unspecified atom stereocenters. The van der Waals surface area contributed by atoms with E-state index in [4.69, 9.17) is 4.74 Å². The van der Waals surface area contributed by atoms with E-state index in [9.17, 15) is 27.9 Å². The molecule has 0 saturated heterocycles. The second-order valence-corrected chi connectivity index (χ2v) is 8.05. The minimum Gasteiger partial charge on any atom is -0.481 e. The fourth-order valence-electron chi connectivity index (χ4n) is 4.07. The highest BCUT2D eigenvalue weighted by Gasteiger charge is 2.43. The highest BCUT2D eigenvalue weighted by Crippen LogP contribution is 2.35. The second-order valence-electron chi connectivity index (χ2n) is 8.05. The first-order valence-electron chi connectivity index (χ1n) is 10.5. The number of aliphatic carboxylic acids is 1. The molecule has 1 fully saturated rings. The zero-order chi connectivity index (χ0) is 24.2. The quantitative estimate of drug-likeness (QED) is 0.608. The van der Waals surface area contributed by atoms with Crippen LogP contribution in [0.4, 0.5) is 13.2 Å². The Balaban J connectivity index is 1.90. The van der Waals surface area contributed by atoms with Crippen LogP contribution in [0.2, 0.25) is 0 Å². The molecule has 1 aliphatic carbocycles. The monoisotopic (exact) mass is 466 g/mol. The molecule has 1 heterocycles. The van der Waals surface area contributed by atoms with Crippen molar-refractivity contribution < 1.29 is 37.3 Å². The number of pyridine rings is 1. The molecule has 1 aliphatic rings. The number of nitrogens with one attached hydrogen (secondary N) is 1. The first-order chi connectivity index (χ1) is 15.6. The number of carboxylic acids is 1. The normalized spacial score (nSPS) is 20.7. The smallest absolute Gasteiger partial charge is 0.481 e. The Kier molecular flexibility index (Phi) is 7.14. The summed E-state index contributed by atoms with van der Waals surface area (Å²) >= 11 is 0. The van der Waals surface area contributed by atoms with E-state index in [0.29, 0.717) is 31.6 Å². The van der Waals surface area contributed by atoms with Gasteiger partial charge in [-0.3, -0.25) is 4.79 Å². The van der Waals surface area contributed by atoms with Gasteiger partial charge in [-0.15, -0.1) is 13.2 Å². The van der Waals surface area contributed by atoms with E-state index in [1.54, 1.807) is 0 Å². The Morgan fingerprint density at radius 3 is 2.52 bits per heavy atom. The lowest BCUT2D eigenvalue weighted by atomic mass is 9.75. The van der Waals surface area contributed by atoms with E-state index in [2.05, 4.69) is 22.0 Å². The molecule has 2 aromatic rings. The van der Waals surface area contributed by atoms with Crippen molar-refractivity contribution in [1.82, 2.24) is 10.3 Å². The number of rotatable bonds is 7. The summed E-state index contributed by atoms with van der Waals surface area (Å²) in [4.78, 5) is 29.1. The summed E-state index contributed by atoms with van der Waals surface area (Å²) in [6, 6.07) is 6.60. The highest BCUT2D eigenvalue weighted by atomic mass is 19.4. The number of halogens is 3. The van der Waals surface area contributed by atoms with Crippen LogP contribution < -0.4 is 14.8 Å². The standard InChI is InChI=1S/C23H25F3N2O5/c1-3-14-7-9-22(10-8-14,21(30)31)28-19(29)16-12-18(20(32-2)27-13-16)15-5-4-6-17(11-15)33-23(24,25)26/h4-6,11-14H,3,7-10H2,1-2H3,(H,28,29)(H,30,31). The van der Waals surface area contributed by atoms with Gasteiger partial charge in [0.2, 0.25) is 5.88 Å². The van der Waals surface area contributed by atoms with E-state index in [1.807, 2.05) is 0 Å². The van der Waals surface area contributed by atoms with E-state index >= 15 is 0 Å². The lowest BCUT2D eigenvalue weighted by molar-refractivity contribution is -0.274. The van der Waals surface area contributed by atoms with Crippen molar-refractivity contribution in [3.63, 3.8) is 0 Å². The third-order valence-electron chi connectivity index (χ3n) is 5.98. The van der Waals surface area contributed by atoms with Crippen molar-refractivity contribution in [2.24, 2.45) is 5.92 Å². The molecule has 0 bridgehead atoms. The summed E-state index contributed by atoms with van der Waals surface area (Å²) in [5.41, 5.74) is -0.765. The third-order valence-corrected chi connectivity index (χ3v) is 5.98. The van der Waals surface area contributed by atoms with Gasteiger partial charge in [-0.25, -0.2) is 9.78 Å². The molecule has 3 rings (SSSR count). The van der Waals surface area contributed by atoms with E-state index in [0.717, 1.165) is 18.6 Å². The molecule has 1 saturated carbocycles. The molecule has 0 aliphatic heterocycles. The van der Waals surface area contributed by atoms with Crippen LogP contribution in [0.1, 0.15) is 49.4 Å². The van der Waals surface area contributed by atoms with Crippen LogP contribution in [-0.2, 0) is 4.79 Å². The number of carbonyl (C=O) groups is 2. The number of ether oxygens (including phenoxy) is 2. The van der Waals surface area contributed by atoms with Gasteiger partial charge in [0, 0.05) is 11.8 Å². The predicted molar refractivity (Wildman–Crippen MR) is 113 cm³/mol. The molecule has 178 valence electrons. The van der Waals surface area contributed by atoms with Crippen LogP contribution in [0.3, 0.4) is 0 Å². The van der Waals surface area contributed by atoms with Crippen LogP contribution in [0, 0.1) is 5.92 Å². The van der Waals surface area contributed by atoms with Crippen molar-refractivity contribution in [2.75, 3.05) is 7.11 Å². The molecule has 7 nitrogen and oxygen atoms in total. The van der Waals surface area contributed by atoms with Gasteiger partial charge >= 0.3 is 12.3 Å². The SMILES string of the molecule is CCC1CCC(NC(=O)c2cnc(OC)c(-c3cccc(OC(F)(F)F)c3)c2)(C(=O)O)CC1. The van der Waals surface area contributed by atoms with Gasteiger partial charge in [0.25, 0.3) is 5.91 Å². The first-order valence-corrected chi connectivity index (χ1v) is 10.5. The number of carbonyl (C=O) groups excluding carboxylic acids is 1. The van der Waals surface area contributed by atoms with Crippen molar-refractivity contribution in [3.8, 4) is 22.8 Å². The van der Waals surface area contributed by atoms with Crippen LogP contribution in [0.5, 0.6) is 11.6 Å². The highest BCUT2D eigenvalue weighted by molar-refractivity contribution is 5.99. The molecule has 1 aromatic carbocycles. The van der Waals surface area contributed by atoms with Crippen molar-refractivity contribution >= 4 is 11.9 Å². The van der Waals surface area contributed by atoms with Gasteiger partial charge in [0.15, 0.2) is 0 Å². The average molecular weight is 466 g/mol. The third kappa shape index (κ3) is 5.74. The summed E-state index contributed by atoms with van der Waals surface area (Å²) < 4.78 is 47.0. The number of amides is 1. The maximum Gasteiger partial charge on any atom is 0.573 e. The topological polar surface area (TPSA) is 97.8 Å². The average Bonchev–Trinajstić information content (AvgIpc) is 2.78. The van der Waals surface area contributed by atoms with Gasteiger partial charge < -0.3 is 19.9 Å². The van der Waals surface area contributed by atoms with E-state index < -0.39 is 29.5 Å². The van der Waals surface area contributed by atoms with Gasteiger partial charge in [0.1, 0.15) is 11.3 Å². The molecular weight excluding hydrogens is 441 g/mol. The summed E-state index contributed by atoms with van der Waals surface area (Å²) in [6.45, 7) is 2.05. The Bertz CT molecular complexity index is 1020. The summed E-state index contributed by atoms with van der Waals surface area (Å²) in [5.74, 6) is -1.65. The Morgan fingerprint density at radius 2 is 1.94 bits per heavy atom. The zero-order valence-electron chi connectivity index (χ0n) is 18.2. The van der Waals surface area contributed by atoms with Gasteiger partial charge in [-0.1, -0.05) is 25.5 Å². The Morgan fingerprint density at radius 1 is 1.24 bits per heavy atom. The molecule has 0 radical (unpaired) electrons. The fraction of sp³-hybridized carbons (Fsp3) is 0.435. The lowest BCUT2D eigenvalue weighted by Crippen LogP contribution is -2.56. The van der Waals surface area contributed by atoms with Gasteiger partial charge in [-0.05, 0) is 55.4 Å². The van der Waals surface area contributed by atoms with Gasteiger partial charge in [0.05, 0.1) is 12.7 Å². The van der Waals surface area contributed by atoms with Crippen molar-refractivity contribution in [1.29, 1.82) is 0 Å². The minimum atomic E-state index is -4.86. The first kappa shape index (κ1) is 24.3. The second kappa shape index (κ2) is 9.68. The van der Waals surface area contributed by atoms with Crippen LogP contribution in [-0.4, -0.2) is 41.0 Å². The number of hydrogen-bond donors (Lipinski definition) is 2. The molecule has 0 spiro atoms. The summed E-state index contributed by atoms with van der Waals surface area (Å²) in [5, 5.41) is 12.5. The van der Waals surface area contributed by atoms with Crippen LogP contribution in [0.15, 0.2) is 36.5 Å². The maximum atomic E-state index is 13.0. The van der Waals surface area contributed by atoms with Crippen molar-refractivity contribution in [3.05, 3.63) is 42.1 Å². The van der Waals surface area contributed by atoms with E-state index in [1.165, 1.54) is 31.5 Å². The number of alkyl halides is 3. The number of methoxy groups -OCH3 is 1. The van der Waals surface area contributed by atoms with Crippen molar-refractivity contribution in [2.45, 2.75) is 50.9 Å². The van der Waals surface area contributed by atoms with Crippen LogP contribution >= 0.6 is 0 Å². The maximum absolute atomic E-state index is 13.0. The number of benzene rings is 1. The predicted octanol–water partition coefficient (Wildman–Crippen LogP) is 4.81. The largest absolute Gasteiger partial charge is 0.573 e. The molecule has 10 heteroatoms. The minimum absolute atomic E-state index is 0.0613. The lowest BCUT2D eigenvalue weighted by Gasteiger charge is -2.37. The molecule has 1 aromatic heterocycles. The molecule has 2 N–H and O–H groups in total. The van der Waals surface area contributed by atoms with E-state index in [-0.39, 0.29) is 22.6 Å². The molecule has 33 heavy (non-hydrogen) atoms. The molecular formula is C23H25F3N2O5. The number of aromatic nitrogens is 1. The van der Waals surface area contributed by atoms with Gasteiger partial charge in [-0.2, -0.15) is 0 Å². The summed E-state index contributed by atoms with van der Waals surface area (Å²) in [7, 11) is 1.34.